The number of halogens is 4. The first-order valence-electron chi connectivity index (χ1n) is 2.86. The van der Waals surface area contributed by atoms with Gasteiger partial charge < -0.3 is 4.74 Å². The number of alkyl halides is 3. The van der Waals surface area contributed by atoms with Gasteiger partial charge in [-0.05, 0) is 6.92 Å². The van der Waals surface area contributed by atoms with E-state index in [0.717, 1.165) is 0 Å². The molecule has 0 saturated carbocycles. The Balaban J connectivity index is 4.26. The molecule has 0 aromatic rings. The molecule has 0 saturated heterocycles. The third-order valence-electron chi connectivity index (χ3n) is 0.691. The summed E-state index contributed by atoms with van der Waals surface area (Å²) in [6.45, 7) is 1.20. The highest BCUT2D eigenvalue weighted by atomic mass is 19.4. The van der Waals surface area contributed by atoms with Crippen LogP contribution in [0.3, 0.4) is 0 Å². The van der Waals surface area contributed by atoms with Gasteiger partial charge in [-0.2, -0.15) is 17.6 Å². The summed E-state index contributed by atoms with van der Waals surface area (Å²) in [7, 11) is 0. The Hall–Kier alpha value is -1.14. The summed E-state index contributed by atoms with van der Waals surface area (Å²) >= 11 is 0. The van der Waals surface area contributed by atoms with E-state index in [1.54, 1.807) is 0 Å². The summed E-state index contributed by atoms with van der Waals surface area (Å²) in [5.74, 6) is -2.71. The second-order valence-corrected chi connectivity index (χ2v) is 1.60. The fourth-order valence-corrected chi connectivity index (χ4v) is 0.299. The normalized spacial score (nSPS) is 12.9. The molecule has 0 heterocycles. The van der Waals surface area contributed by atoms with Crippen molar-refractivity contribution in [3.63, 3.8) is 0 Å². The molecule has 0 fully saturated rings. The summed E-state index contributed by atoms with van der Waals surface area (Å²) in [5.41, 5.74) is 0. The Kier molecular flexibility index (Phi) is 3.65. The molecule has 0 aliphatic heterocycles. The first kappa shape index (κ1) is 10.9. The predicted molar refractivity (Wildman–Crippen MR) is 31.6 cm³/mol. The number of aliphatic imine (C=N–C) groups is 1. The molecule has 0 aliphatic rings. The van der Waals surface area contributed by atoms with E-state index in [0.29, 0.717) is 0 Å². The van der Waals surface area contributed by atoms with Crippen molar-refractivity contribution < 1.29 is 27.1 Å². The van der Waals surface area contributed by atoms with E-state index in [-0.39, 0.29) is 6.61 Å². The van der Waals surface area contributed by atoms with Gasteiger partial charge in [-0.15, -0.1) is 4.99 Å². The molecule has 0 atom stereocenters. The molecule has 0 radical (unpaired) electrons. The third kappa shape index (κ3) is 3.89. The van der Waals surface area contributed by atoms with Gasteiger partial charge in [0.05, 0.1) is 6.61 Å². The second kappa shape index (κ2) is 4.03. The zero-order chi connectivity index (χ0) is 9.78. The number of ether oxygens (including phenoxy) is 1. The van der Waals surface area contributed by atoms with Crippen LogP contribution in [-0.2, 0) is 4.74 Å². The van der Waals surface area contributed by atoms with E-state index in [2.05, 4.69) is 4.74 Å². The molecule has 0 spiro atoms. The molecule has 7 heteroatoms. The summed E-state index contributed by atoms with van der Waals surface area (Å²) < 4.78 is 49.8. The quantitative estimate of drug-likeness (QED) is 0.465. The maximum absolute atomic E-state index is 11.8. The van der Waals surface area contributed by atoms with Crippen LogP contribution in [0, 0.1) is 0 Å². The molecule has 0 aromatic carbocycles. The predicted octanol–water partition coefficient (Wildman–Crippen LogP) is 2.07. The van der Waals surface area contributed by atoms with Crippen LogP contribution in [0.5, 0.6) is 0 Å². The van der Waals surface area contributed by atoms with Crippen molar-refractivity contribution in [2.45, 2.75) is 13.1 Å². The lowest BCUT2D eigenvalue weighted by molar-refractivity contribution is -0.0674. The largest absolute Gasteiger partial charge is 0.461 e. The number of amides is 1. The zero-order valence-corrected chi connectivity index (χ0v) is 5.98. The molecule has 3 nitrogen and oxygen atoms in total. The topological polar surface area (TPSA) is 38.7 Å². The molecule has 1 amide bonds. The van der Waals surface area contributed by atoms with Crippen LogP contribution in [-0.4, -0.2) is 24.8 Å². The van der Waals surface area contributed by atoms with E-state index < -0.39 is 18.2 Å². The lowest BCUT2D eigenvalue weighted by Gasteiger charge is -2.00. The molecule has 0 aromatic heterocycles. The average molecular weight is 187 g/mol. The van der Waals surface area contributed by atoms with E-state index >= 15 is 0 Å². The Morgan fingerprint density at radius 1 is 1.50 bits per heavy atom. The van der Waals surface area contributed by atoms with Crippen molar-refractivity contribution in [3.8, 4) is 0 Å². The Bertz CT molecular complexity index is 198. The van der Waals surface area contributed by atoms with Crippen molar-refractivity contribution in [2.24, 2.45) is 4.99 Å². The van der Waals surface area contributed by atoms with Gasteiger partial charge >= 0.3 is 18.2 Å². The molecular formula is C5H5F4NO2. The zero-order valence-electron chi connectivity index (χ0n) is 5.98. The summed E-state index contributed by atoms with van der Waals surface area (Å²) in [5, 5.41) is 0. The highest BCUT2D eigenvalue weighted by Crippen LogP contribution is 2.18. The fraction of sp³-hybridized carbons (Fsp3) is 0.600. The maximum atomic E-state index is 11.8. The van der Waals surface area contributed by atoms with Gasteiger partial charge in [0.1, 0.15) is 0 Å². The molecular weight excluding hydrogens is 182 g/mol. The molecule has 0 rings (SSSR count). The smallest absolute Gasteiger partial charge is 0.448 e. The molecule has 12 heavy (non-hydrogen) atoms. The van der Waals surface area contributed by atoms with Crippen LogP contribution in [0.25, 0.3) is 0 Å². The van der Waals surface area contributed by atoms with Crippen LogP contribution < -0.4 is 0 Å². The number of carbonyl (C=O) groups excluding carboxylic acids is 1. The molecule has 0 aliphatic carbocycles. The van der Waals surface area contributed by atoms with Gasteiger partial charge in [0.15, 0.2) is 0 Å². The van der Waals surface area contributed by atoms with Crippen LogP contribution >= 0.6 is 0 Å². The Morgan fingerprint density at radius 3 is 2.33 bits per heavy atom. The minimum atomic E-state index is -5.23. The van der Waals surface area contributed by atoms with Crippen molar-refractivity contribution in [3.05, 3.63) is 0 Å². The highest BCUT2D eigenvalue weighted by Gasteiger charge is 2.37. The number of hydrogen-bond donors (Lipinski definition) is 0. The second-order valence-electron chi connectivity index (χ2n) is 1.60. The van der Waals surface area contributed by atoms with E-state index in [9.17, 15) is 22.4 Å². The minimum absolute atomic E-state index is 0.159. The minimum Gasteiger partial charge on any atom is -0.448 e. The van der Waals surface area contributed by atoms with E-state index in [1.165, 1.54) is 6.92 Å². The van der Waals surface area contributed by atoms with Gasteiger partial charge in [-0.3, -0.25) is 0 Å². The highest BCUT2D eigenvalue weighted by molar-refractivity contribution is 5.90. The van der Waals surface area contributed by atoms with Crippen molar-refractivity contribution in [1.29, 1.82) is 0 Å². The molecule has 0 unspecified atom stereocenters. The monoisotopic (exact) mass is 187 g/mol. The number of rotatable bonds is 1. The van der Waals surface area contributed by atoms with Gasteiger partial charge in [-0.1, -0.05) is 0 Å². The maximum Gasteiger partial charge on any atom is 0.461 e. The van der Waals surface area contributed by atoms with Crippen molar-refractivity contribution in [1.82, 2.24) is 0 Å². The van der Waals surface area contributed by atoms with E-state index in [4.69, 9.17) is 0 Å². The first-order valence-corrected chi connectivity index (χ1v) is 2.86. The van der Waals surface area contributed by atoms with Crippen LogP contribution in [0.4, 0.5) is 22.4 Å². The van der Waals surface area contributed by atoms with Crippen LogP contribution in [0.2, 0.25) is 0 Å². The Labute approximate surface area is 65.0 Å². The first-order chi connectivity index (χ1) is 5.38. The summed E-state index contributed by atoms with van der Waals surface area (Å²) in [4.78, 5) is 12.2. The lowest BCUT2D eigenvalue weighted by Crippen LogP contribution is -2.19. The van der Waals surface area contributed by atoms with Crippen LogP contribution in [0.15, 0.2) is 4.99 Å². The van der Waals surface area contributed by atoms with Gasteiger partial charge in [0.2, 0.25) is 0 Å². The fourth-order valence-electron chi connectivity index (χ4n) is 0.299. The molecule has 0 bridgehead atoms. The van der Waals surface area contributed by atoms with Crippen molar-refractivity contribution in [2.75, 3.05) is 6.61 Å². The lowest BCUT2D eigenvalue weighted by atomic mass is 10.7. The Morgan fingerprint density at radius 2 is 2.00 bits per heavy atom. The van der Waals surface area contributed by atoms with Gasteiger partial charge in [0.25, 0.3) is 0 Å². The standard InChI is InChI=1S/C5H5F4NO2/c1-2-12-4(11)10-3(6)5(7,8)9/h2H2,1H3. The van der Waals surface area contributed by atoms with E-state index in [1.807, 2.05) is 4.99 Å². The SMILES string of the molecule is CCOC(=O)N=C(F)C(F)(F)F. The van der Waals surface area contributed by atoms with Crippen LogP contribution in [0.1, 0.15) is 6.92 Å². The third-order valence-corrected chi connectivity index (χ3v) is 0.691. The number of hydrogen-bond acceptors (Lipinski definition) is 2. The number of carbonyl (C=O) groups is 1. The van der Waals surface area contributed by atoms with Gasteiger partial charge in [-0.25, -0.2) is 4.79 Å². The summed E-state index contributed by atoms with van der Waals surface area (Å²) in [6.07, 6.45) is -6.82. The summed E-state index contributed by atoms with van der Waals surface area (Å²) in [6, 6.07) is 0. The number of nitrogens with zero attached hydrogens (tertiary/aromatic N) is 1. The van der Waals surface area contributed by atoms with Crippen molar-refractivity contribution >= 4 is 12.1 Å². The van der Waals surface area contributed by atoms with Gasteiger partial charge in [0, 0.05) is 0 Å². The average Bonchev–Trinajstić information content (AvgIpc) is 1.85. The molecule has 0 N–H and O–H groups in total. The molecule has 70 valence electrons.